The summed E-state index contributed by atoms with van der Waals surface area (Å²) in [5, 5.41) is 13.5. The van der Waals surface area contributed by atoms with Crippen LogP contribution in [-0.2, 0) is 4.79 Å². The van der Waals surface area contributed by atoms with Crippen molar-refractivity contribution in [3.05, 3.63) is 18.2 Å². The molecule has 1 amide bonds. The highest BCUT2D eigenvalue weighted by Gasteiger charge is 2.17. The van der Waals surface area contributed by atoms with E-state index >= 15 is 0 Å². The van der Waals surface area contributed by atoms with Crippen LogP contribution in [-0.4, -0.2) is 70.4 Å². The van der Waals surface area contributed by atoms with Crippen LogP contribution in [0, 0.1) is 0 Å². The predicted octanol–water partition coefficient (Wildman–Crippen LogP) is 0.534. The van der Waals surface area contributed by atoms with E-state index in [2.05, 4.69) is 37.5 Å². The molecule has 2 aromatic rings. The molecule has 1 aromatic carbocycles. The third kappa shape index (κ3) is 3.37. The molecule has 2 N–H and O–H groups in total. The molecule has 0 spiro atoms. The Balaban J connectivity index is 1.54. The molecule has 0 bridgehead atoms. The van der Waals surface area contributed by atoms with Gasteiger partial charge in [-0.25, -0.2) is 0 Å². The second kappa shape index (κ2) is 6.19. The van der Waals surface area contributed by atoms with Gasteiger partial charge in [0.2, 0.25) is 5.91 Å². The molecule has 1 saturated heterocycles. The van der Waals surface area contributed by atoms with Crippen LogP contribution < -0.4 is 5.32 Å². The molecule has 3 rings (SSSR count). The maximum Gasteiger partial charge on any atom is 0.238 e. The van der Waals surface area contributed by atoms with E-state index in [9.17, 15) is 4.79 Å². The summed E-state index contributed by atoms with van der Waals surface area (Å²) in [6, 6.07) is 5.51. The minimum Gasteiger partial charge on any atom is -0.325 e. The number of aromatic amines is 1. The van der Waals surface area contributed by atoms with Crippen molar-refractivity contribution in [2.75, 3.05) is 44.6 Å². The second-order valence-electron chi connectivity index (χ2n) is 5.29. The van der Waals surface area contributed by atoms with Gasteiger partial charge in [0.15, 0.2) is 0 Å². The lowest BCUT2D eigenvalue weighted by Crippen LogP contribution is -2.48. The summed E-state index contributed by atoms with van der Waals surface area (Å²) in [6.45, 7) is 7.66. The molecule has 2 heterocycles. The summed E-state index contributed by atoms with van der Waals surface area (Å²) >= 11 is 0. The summed E-state index contributed by atoms with van der Waals surface area (Å²) in [5.41, 5.74) is 2.31. The Labute approximate surface area is 123 Å². The molecule has 1 aliphatic rings. The fourth-order valence-corrected chi connectivity index (χ4v) is 2.59. The maximum atomic E-state index is 12.1. The Bertz CT molecular complexity index is 617. The highest BCUT2D eigenvalue weighted by Crippen LogP contribution is 2.14. The van der Waals surface area contributed by atoms with E-state index in [4.69, 9.17) is 0 Å². The van der Waals surface area contributed by atoms with Crippen LogP contribution in [0.25, 0.3) is 11.0 Å². The van der Waals surface area contributed by atoms with Gasteiger partial charge in [-0.1, -0.05) is 6.92 Å². The molecule has 21 heavy (non-hydrogen) atoms. The zero-order valence-electron chi connectivity index (χ0n) is 12.2. The number of carbonyl (C=O) groups is 1. The Kier molecular flexibility index (Phi) is 4.12. The molecular formula is C14H20N6O. The smallest absolute Gasteiger partial charge is 0.238 e. The molecule has 1 aliphatic heterocycles. The molecule has 0 unspecified atom stereocenters. The minimum absolute atomic E-state index is 0.0165. The Morgan fingerprint density at radius 2 is 1.90 bits per heavy atom. The zero-order chi connectivity index (χ0) is 14.7. The quantitative estimate of drug-likeness (QED) is 0.858. The molecule has 7 heteroatoms. The maximum absolute atomic E-state index is 12.1. The van der Waals surface area contributed by atoms with Crippen LogP contribution in [0.1, 0.15) is 6.92 Å². The van der Waals surface area contributed by atoms with Crippen molar-refractivity contribution in [3.8, 4) is 0 Å². The van der Waals surface area contributed by atoms with E-state index in [1.165, 1.54) is 0 Å². The molecule has 0 aliphatic carbocycles. The van der Waals surface area contributed by atoms with Gasteiger partial charge in [-0.15, -0.1) is 0 Å². The summed E-state index contributed by atoms with van der Waals surface area (Å²) in [7, 11) is 0. The highest BCUT2D eigenvalue weighted by molar-refractivity contribution is 5.94. The van der Waals surface area contributed by atoms with E-state index < -0.39 is 0 Å². The lowest BCUT2D eigenvalue weighted by atomic mass is 10.2. The van der Waals surface area contributed by atoms with Gasteiger partial charge in [0, 0.05) is 31.9 Å². The lowest BCUT2D eigenvalue weighted by molar-refractivity contribution is -0.117. The number of piperazine rings is 1. The number of carbonyl (C=O) groups excluding carboxylic acids is 1. The van der Waals surface area contributed by atoms with Crippen LogP contribution in [0.15, 0.2) is 18.2 Å². The zero-order valence-corrected chi connectivity index (χ0v) is 12.2. The van der Waals surface area contributed by atoms with Crippen molar-refractivity contribution >= 4 is 22.6 Å². The summed E-state index contributed by atoms with van der Waals surface area (Å²) in [4.78, 5) is 16.7. The molecule has 112 valence electrons. The number of fused-ring (bicyclic) bond motifs is 1. The molecule has 0 atom stereocenters. The first kappa shape index (κ1) is 14.0. The highest BCUT2D eigenvalue weighted by atomic mass is 16.2. The number of benzene rings is 1. The molecule has 7 nitrogen and oxygen atoms in total. The van der Waals surface area contributed by atoms with Gasteiger partial charge in [-0.2, -0.15) is 15.4 Å². The van der Waals surface area contributed by atoms with Gasteiger partial charge in [0.05, 0.1) is 6.54 Å². The topological polar surface area (TPSA) is 77.1 Å². The summed E-state index contributed by atoms with van der Waals surface area (Å²) in [5.74, 6) is 0.0165. The van der Waals surface area contributed by atoms with Crippen molar-refractivity contribution in [1.82, 2.24) is 25.2 Å². The normalized spacial score (nSPS) is 17.2. The first-order valence-corrected chi connectivity index (χ1v) is 7.29. The fourth-order valence-electron chi connectivity index (χ4n) is 2.59. The lowest BCUT2D eigenvalue weighted by Gasteiger charge is -2.33. The molecule has 1 aromatic heterocycles. The van der Waals surface area contributed by atoms with Crippen molar-refractivity contribution < 1.29 is 4.79 Å². The molecular weight excluding hydrogens is 268 g/mol. The van der Waals surface area contributed by atoms with Crippen molar-refractivity contribution in [2.24, 2.45) is 0 Å². The molecule has 0 radical (unpaired) electrons. The van der Waals surface area contributed by atoms with Gasteiger partial charge in [-0.05, 0) is 24.7 Å². The first-order chi connectivity index (χ1) is 10.2. The number of hydrogen-bond acceptors (Lipinski definition) is 5. The van der Waals surface area contributed by atoms with Crippen LogP contribution in [0.3, 0.4) is 0 Å². The standard InChI is InChI=1S/C14H20N6O/c1-2-19-5-7-20(8-6-19)10-14(21)15-11-3-4-12-13(9-11)17-18-16-12/h3-4,9H,2,5-8,10H2,1H3,(H,15,21)(H,16,17,18). The Morgan fingerprint density at radius 3 is 2.67 bits per heavy atom. The number of rotatable bonds is 4. The number of hydrogen-bond donors (Lipinski definition) is 2. The number of nitrogens with zero attached hydrogens (tertiary/aromatic N) is 4. The number of anilines is 1. The van der Waals surface area contributed by atoms with Gasteiger partial charge < -0.3 is 10.2 Å². The van der Waals surface area contributed by atoms with Gasteiger partial charge in [0.25, 0.3) is 0 Å². The third-order valence-corrected chi connectivity index (χ3v) is 3.88. The van der Waals surface area contributed by atoms with Crippen molar-refractivity contribution in [2.45, 2.75) is 6.92 Å². The van der Waals surface area contributed by atoms with Crippen LogP contribution in [0.5, 0.6) is 0 Å². The summed E-state index contributed by atoms with van der Waals surface area (Å²) < 4.78 is 0. The number of aromatic nitrogens is 3. The van der Waals surface area contributed by atoms with E-state index in [-0.39, 0.29) is 5.91 Å². The van der Waals surface area contributed by atoms with Crippen LogP contribution in [0.2, 0.25) is 0 Å². The Morgan fingerprint density at radius 1 is 1.19 bits per heavy atom. The second-order valence-corrected chi connectivity index (χ2v) is 5.29. The van der Waals surface area contributed by atoms with Gasteiger partial charge in [0.1, 0.15) is 11.0 Å². The monoisotopic (exact) mass is 288 g/mol. The molecule has 1 fully saturated rings. The predicted molar refractivity (Wildman–Crippen MR) is 81.1 cm³/mol. The number of nitrogens with one attached hydrogen (secondary N) is 2. The SMILES string of the molecule is CCN1CCN(CC(=O)Nc2ccc3n[nH]nc3c2)CC1. The van der Waals surface area contributed by atoms with Crippen molar-refractivity contribution in [1.29, 1.82) is 0 Å². The first-order valence-electron chi connectivity index (χ1n) is 7.29. The number of amides is 1. The van der Waals surface area contributed by atoms with Crippen LogP contribution >= 0.6 is 0 Å². The summed E-state index contributed by atoms with van der Waals surface area (Å²) in [6.07, 6.45) is 0. The third-order valence-electron chi connectivity index (χ3n) is 3.88. The largest absolute Gasteiger partial charge is 0.325 e. The van der Waals surface area contributed by atoms with Crippen molar-refractivity contribution in [3.63, 3.8) is 0 Å². The van der Waals surface area contributed by atoms with E-state index in [0.29, 0.717) is 6.54 Å². The van der Waals surface area contributed by atoms with Gasteiger partial charge >= 0.3 is 0 Å². The Hall–Kier alpha value is -1.99. The van der Waals surface area contributed by atoms with Gasteiger partial charge in [-0.3, -0.25) is 9.69 Å². The van der Waals surface area contributed by atoms with E-state index in [1.54, 1.807) is 0 Å². The molecule has 0 saturated carbocycles. The average molecular weight is 288 g/mol. The van der Waals surface area contributed by atoms with E-state index in [0.717, 1.165) is 49.4 Å². The minimum atomic E-state index is 0.0165. The van der Waals surface area contributed by atoms with Crippen LogP contribution in [0.4, 0.5) is 5.69 Å². The number of likely N-dealkylation sites (N-methyl/N-ethyl adjacent to an activating group) is 1. The number of H-pyrrole nitrogens is 1. The average Bonchev–Trinajstić information content (AvgIpc) is 2.95. The fraction of sp³-hybridized carbons (Fsp3) is 0.500. The van der Waals surface area contributed by atoms with E-state index in [1.807, 2.05) is 18.2 Å².